The summed E-state index contributed by atoms with van der Waals surface area (Å²) in [6.07, 6.45) is 0. The molecule has 14 heavy (non-hydrogen) atoms. The van der Waals surface area contributed by atoms with Crippen LogP contribution in [0.5, 0.6) is 0 Å². The Bertz CT molecular complexity index is 376. The minimum atomic E-state index is -5.19. The number of benzene rings is 1. The maximum atomic E-state index is 12.7. The molecule has 0 amide bonds. The van der Waals surface area contributed by atoms with Crippen LogP contribution in [0.25, 0.3) is 0 Å². The molecule has 0 atom stereocenters. The van der Waals surface area contributed by atoms with Crippen LogP contribution in [-0.2, 0) is 0 Å². The third-order valence-corrected chi connectivity index (χ3v) is 2.55. The smallest absolute Gasteiger partial charge is 0.386 e. The molecule has 78 valence electrons. The molecule has 0 radical (unpaired) electrons. The second-order valence-corrected chi connectivity index (χ2v) is 4.29. The van der Waals surface area contributed by atoms with Crippen molar-refractivity contribution in [3.63, 3.8) is 0 Å². The van der Waals surface area contributed by atoms with Crippen LogP contribution in [0.1, 0.15) is 0 Å². The van der Waals surface area contributed by atoms with Crippen molar-refractivity contribution < 1.29 is 31.9 Å². The molecule has 1 rings (SSSR count). The Labute approximate surface area is 76.2 Å². The van der Waals surface area contributed by atoms with Gasteiger partial charge in [0.05, 0.1) is 5.19 Å². The lowest BCUT2D eigenvalue weighted by Crippen LogP contribution is -2.51. The van der Waals surface area contributed by atoms with Crippen LogP contribution in [0.15, 0.2) is 6.07 Å². The first kappa shape index (κ1) is 11.1. The SMILES string of the molecule is O[Si](O)(O)c1cc(F)c(F)c(F)c1F. The normalized spacial score (nSPS) is 11.9. The maximum Gasteiger partial charge on any atom is 0.532 e. The van der Waals surface area contributed by atoms with Gasteiger partial charge in [0.2, 0.25) is 0 Å². The van der Waals surface area contributed by atoms with Crippen LogP contribution in [0.2, 0.25) is 0 Å². The van der Waals surface area contributed by atoms with Crippen molar-refractivity contribution >= 4 is 14.0 Å². The first-order chi connectivity index (χ1) is 6.25. The fourth-order valence-electron chi connectivity index (χ4n) is 0.817. The summed E-state index contributed by atoms with van der Waals surface area (Å²) < 4.78 is 50.0. The highest BCUT2D eigenvalue weighted by Gasteiger charge is 2.37. The topological polar surface area (TPSA) is 60.7 Å². The molecule has 0 unspecified atom stereocenters. The fraction of sp³-hybridized carbons (Fsp3) is 0. The summed E-state index contributed by atoms with van der Waals surface area (Å²) in [5.74, 6) is -8.10. The predicted octanol–water partition coefficient (Wildman–Crippen LogP) is -0.634. The lowest BCUT2D eigenvalue weighted by atomic mass is 10.3. The molecule has 3 nitrogen and oxygen atoms in total. The summed E-state index contributed by atoms with van der Waals surface area (Å²) in [5.41, 5.74) is 0. The van der Waals surface area contributed by atoms with Crippen molar-refractivity contribution in [2.24, 2.45) is 0 Å². The summed E-state index contributed by atoms with van der Waals surface area (Å²) in [6, 6.07) is -0.0000309. The van der Waals surface area contributed by atoms with Gasteiger partial charge in [0, 0.05) is 0 Å². The molecule has 0 aliphatic heterocycles. The van der Waals surface area contributed by atoms with E-state index in [4.69, 9.17) is 14.4 Å². The Morgan fingerprint density at radius 1 is 0.857 bits per heavy atom. The van der Waals surface area contributed by atoms with E-state index in [1.54, 1.807) is 0 Å². The van der Waals surface area contributed by atoms with E-state index in [2.05, 4.69) is 0 Å². The Kier molecular flexibility index (Phi) is 2.63. The largest absolute Gasteiger partial charge is 0.532 e. The van der Waals surface area contributed by atoms with E-state index in [0.717, 1.165) is 0 Å². The van der Waals surface area contributed by atoms with Gasteiger partial charge in [-0.2, -0.15) is 0 Å². The summed E-state index contributed by atoms with van der Waals surface area (Å²) in [7, 11) is -5.19. The van der Waals surface area contributed by atoms with Crippen molar-refractivity contribution in [1.29, 1.82) is 0 Å². The average Bonchev–Trinajstić information content (AvgIpc) is 2.06. The van der Waals surface area contributed by atoms with Gasteiger partial charge in [0.25, 0.3) is 0 Å². The first-order valence-corrected chi connectivity index (χ1v) is 5.10. The standard InChI is InChI=1S/C6H4F4O3Si/c7-2-1-3(14(11,12)13)5(9)6(10)4(2)8/h1,11-13H. The molecular weight excluding hydrogens is 224 g/mol. The highest BCUT2D eigenvalue weighted by molar-refractivity contribution is 6.71. The van der Waals surface area contributed by atoms with Gasteiger partial charge in [-0.3, -0.25) is 0 Å². The minimum absolute atomic E-state index is 0.0000309. The van der Waals surface area contributed by atoms with E-state index in [9.17, 15) is 17.6 Å². The van der Waals surface area contributed by atoms with Crippen LogP contribution >= 0.6 is 0 Å². The molecule has 0 saturated heterocycles. The Morgan fingerprint density at radius 3 is 1.79 bits per heavy atom. The van der Waals surface area contributed by atoms with E-state index in [0.29, 0.717) is 0 Å². The van der Waals surface area contributed by atoms with E-state index >= 15 is 0 Å². The zero-order chi connectivity index (χ0) is 11.1. The predicted molar refractivity (Wildman–Crippen MR) is 38.3 cm³/mol. The van der Waals surface area contributed by atoms with Crippen LogP contribution in [-0.4, -0.2) is 23.2 Å². The van der Waals surface area contributed by atoms with E-state index in [1.165, 1.54) is 0 Å². The summed E-state index contributed by atoms with van der Waals surface area (Å²) in [6.45, 7) is 0. The lowest BCUT2D eigenvalue weighted by Gasteiger charge is -2.11. The Morgan fingerprint density at radius 2 is 1.36 bits per heavy atom. The van der Waals surface area contributed by atoms with E-state index in [1.807, 2.05) is 0 Å². The highest BCUT2D eigenvalue weighted by atomic mass is 28.4. The number of rotatable bonds is 1. The Hall–Kier alpha value is -0.963. The Balaban J connectivity index is 3.49. The monoisotopic (exact) mass is 228 g/mol. The molecule has 0 fully saturated rings. The van der Waals surface area contributed by atoms with E-state index < -0.39 is 37.3 Å². The molecule has 0 aliphatic carbocycles. The number of hydrogen-bond donors (Lipinski definition) is 3. The van der Waals surface area contributed by atoms with Gasteiger partial charge in [0.15, 0.2) is 23.3 Å². The van der Waals surface area contributed by atoms with E-state index in [-0.39, 0.29) is 6.07 Å². The second kappa shape index (κ2) is 3.31. The van der Waals surface area contributed by atoms with Gasteiger partial charge in [-0.05, 0) is 6.07 Å². The molecular formula is C6H4F4O3Si. The van der Waals surface area contributed by atoms with Gasteiger partial charge in [-0.15, -0.1) is 0 Å². The average molecular weight is 228 g/mol. The lowest BCUT2D eigenvalue weighted by molar-refractivity contribution is 0.246. The van der Waals surface area contributed by atoms with Gasteiger partial charge in [0.1, 0.15) is 0 Å². The van der Waals surface area contributed by atoms with Crippen molar-refractivity contribution in [2.45, 2.75) is 0 Å². The van der Waals surface area contributed by atoms with Gasteiger partial charge >= 0.3 is 8.80 Å². The molecule has 0 spiro atoms. The second-order valence-electron chi connectivity index (χ2n) is 2.48. The number of halogens is 4. The van der Waals surface area contributed by atoms with Crippen LogP contribution in [0, 0.1) is 23.3 Å². The third kappa shape index (κ3) is 1.77. The third-order valence-electron chi connectivity index (χ3n) is 1.46. The zero-order valence-corrected chi connectivity index (χ0v) is 7.43. The summed E-state index contributed by atoms with van der Waals surface area (Å²) in [4.78, 5) is 25.7. The first-order valence-electron chi connectivity index (χ1n) is 3.25. The zero-order valence-electron chi connectivity index (χ0n) is 6.43. The summed E-state index contributed by atoms with van der Waals surface area (Å²) in [5, 5.41) is -1.37. The molecule has 8 heteroatoms. The van der Waals surface area contributed by atoms with Crippen LogP contribution in [0.4, 0.5) is 17.6 Å². The minimum Gasteiger partial charge on any atom is -0.386 e. The van der Waals surface area contributed by atoms with Gasteiger partial charge in [-0.25, -0.2) is 17.6 Å². The molecule has 0 saturated carbocycles. The van der Waals surface area contributed by atoms with Crippen molar-refractivity contribution in [3.8, 4) is 0 Å². The number of hydrogen-bond acceptors (Lipinski definition) is 3. The van der Waals surface area contributed by atoms with Gasteiger partial charge in [-0.1, -0.05) is 0 Å². The molecule has 0 aromatic heterocycles. The van der Waals surface area contributed by atoms with Crippen molar-refractivity contribution in [1.82, 2.24) is 0 Å². The molecule has 0 aliphatic rings. The maximum absolute atomic E-state index is 12.7. The molecule has 1 aromatic rings. The van der Waals surface area contributed by atoms with Crippen molar-refractivity contribution in [2.75, 3.05) is 0 Å². The summed E-state index contributed by atoms with van der Waals surface area (Å²) >= 11 is 0. The fourth-order valence-corrected chi connectivity index (χ4v) is 1.54. The molecule has 0 bridgehead atoms. The highest BCUT2D eigenvalue weighted by Crippen LogP contribution is 2.13. The van der Waals surface area contributed by atoms with Crippen LogP contribution < -0.4 is 5.19 Å². The van der Waals surface area contributed by atoms with Gasteiger partial charge < -0.3 is 14.4 Å². The molecule has 1 aromatic carbocycles. The quantitative estimate of drug-likeness (QED) is 0.259. The molecule has 0 heterocycles. The molecule has 3 N–H and O–H groups in total. The van der Waals surface area contributed by atoms with Crippen molar-refractivity contribution in [3.05, 3.63) is 29.3 Å². The van der Waals surface area contributed by atoms with Crippen LogP contribution in [0.3, 0.4) is 0 Å².